The van der Waals surface area contributed by atoms with Gasteiger partial charge in [0.25, 0.3) is 0 Å². The molecule has 1 unspecified atom stereocenters. The van der Waals surface area contributed by atoms with Crippen molar-refractivity contribution in [2.75, 3.05) is 27.1 Å². The minimum atomic E-state index is -3.68. The lowest BCUT2D eigenvalue weighted by Crippen LogP contribution is -2.41. The molecule has 0 aromatic heterocycles. The molecule has 6 nitrogen and oxygen atoms in total. The molecular weight excluding hydrogens is 426 g/mol. The molecule has 1 fully saturated rings. The molecule has 1 aliphatic heterocycles. The standard InChI is InChI=1S/C25H39NO5S/c1-4-12-23(13-9-7-5-6-8-10-14-25-30-19-11-20-31-25)26(21-29-3)32(27,28)24-17-15-22(2)16-18-24/h1,15-18,23,25H,5-14,19-21H2,2-3H3. The zero-order valence-corrected chi connectivity index (χ0v) is 20.4. The third kappa shape index (κ3) is 8.84. The number of aryl methyl sites for hydroxylation is 1. The lowest BCUT2D eigenvalue weighted by molar-refractivity contribution is -0.181. The largest absolute Gasteiger partial charge is 0.368 e. The number of unbranched alkanes of at least 4 members (excludes halogenated alkanes) is 5. The van der Waals surface area contributed by atoms with Gasteiger partial charge in [-0.25, -0.2) is 8.42 Å². The molecule has 1 aromatic rings. The van der Waals surface area contributed by atoms with Gasteiger partial charge in [0, 0.05) is 19.6 Å². The van der Waals surface area contributed by atoms with Gasteiger partial charge in [0.1, 0.15) is 6.73 Å². The highest BCUT2D eigenvalue weighted by Gasteiger charge is 2.30. The third-order valence-corrected chi connectivity index (χ3v) is 7.66. The van der Waals surface area contributed by atoms with E-state index in [1.807, 2.05) is 6.92 Å². The van der Waals surface area contributed by atoms with Crippen LogP contribution in [0, 0.1) is 19.3 Å². The summed E-state index contributed by atoms with van der Waals surface area (Å²) in [4.78, 5) is 0.271. The first-order valence-electron chi connectivity index (χ1n) is 11.7. The van der Waals surface area contributed by atoms with Crippen molar-refractivity contribution >= 4 is 10.0 Å². The van der Waals surface area contributed by atoms with E-state index in [4.69, 9.17) is 20.6 Å². The third-order valence-electron chi connectivity index (χ3n) is 5.77. The Morgan fingerprint density at radius 1 is 1.09 bits per heavy atom. The van der Waals surface area contributed by atoms with E-state index >= 15 is 0 Å². The molecule has 1 aromatic carbocycles. The van der Waals surface area contributed by atoms with Crippen molar-refractivity contribution in [3.63, 3.8) is 0 Å². The van der Waals surface area contributed by atoms with E-state index in [9.17, 15) is 8.42 Å². The summed E-state index contributed by atoms with van der Waals surface area (Å²) < 4.78 is 44.3. The van der Waals surface area contributed by atoms with Gasteiger partial charge < -0.3 is 14.2 Å². The monoisotopic (exact) mass is 465 g/mol. The molecule has 0 amide bonds. The Labute approximate surface area is 194 Å². The molecule has 1 aliphatic rings. The van der Waals surface area contributed by atoms with Gasteiger partial charge in [-0.05, 0) is 44.7 Å². The molecule has 0 spiro atoms. The maximum atomic E-state index is 13.2. The van der Waals surface area contributed by atoms with E-state index in [-0.39, 0.29) is 24.0 Å². The van der Waals surface area contributed by atoms with Crippen LogP contribution in [0.5, 0.6) is 0 Å². The van der Waals surface area contributed by atoms with Crippen molar-refractivity contribution in [2.24, 2.45) is 0 Å². The minimum absolute atomic E-state index is 0.00609. The average molecular weight is 466 g/mol. The molecule has 180 valence electrons. The van der Waals surface area contributed by atoms with Gasteiger partial charge in [0.05, 0.1) is 18.1 Å². The highest BCUT2D eigenvalue weighted by Crippen LogP contribution is 2.24. The van der Waals surface area contributed by atoms with Crippen LogP contribution in [-0.2, 0) is 24.2 Å². The molecule has 1 atom stereocenters. The number of ether oxygens (including phenoxy) is 3. The van der Waals surface area contributed by atoms with E-state index in [1.54, 1.807) is 24.3 Å². The molecule has 0 saturated carbocycles. The SMILES string of the molecule is C#CCC(CCCCCCCCC1OCCCO1)N(COC)S(=O)(=O)c1ccc(C)cc1. The lowest BCUT2D eigenvalue weighted by atomic mass is 10.0. The molecule has 0 radical (unpaired) electrons. The van der Waals surface area contributed by atoms with Crippen molar-refractivity contribution in [3.05, 3.63) is 29.8 Å². The highest BCUT2D eigenvalue weighted by molar-refractivity contribution is 7.89. The van der Waals surface area contributed by atoms with Gasteiger partial charge in [-0.3, -0.25) is 0 Å². The zero-order chi connectivity index (χ0) is 23.2. The van der Waals surface area contributed by atoms with Crippen molar-refractivity contribution in [2.45, 2.75) is 88.4 Å². The fourth-order valence-corrected chi connectivity index (χ4v) is 5.50. The van der Waals surface area contributed by atoms with Crippen molar-refractivity contribution in [1.82, 2.24) is 4.31 Å². The molecule has 0 bridgehead atoms. The van der Waals surface area contributed by atoms with Gasteiger partial charge in [-0.2, -0.15) is 4.31 Å². The van der Waals surface area contributed by atoms with Crippen LogP contribution in [0.1, 0.15) is 69.8 Å². The predicted octanol–water partition coefficient (Wildman–Crippen LogP) is 4.87. The molecule has 1 heterocycles. The Morgan fingerprint density at radius 2 is 1.72 bits per heavy atom. The summed E-state index contributed by atoms with van der Waals surface area (Å²) in [5.74, 6) is 2.65. The summed E-state index contributed by atoms with van der Waals surface area (Å²) in [7, 11) is -2.17. The molecular formula is C25H39NO5S. The van der Waals surface area contributed by atoms with E-state index in [1.165, 1.54) is 11.4 Å². The number of sulfonamides is 1. The summed E-state index contributed by atoms with van der Waals surface area (Å²) in [6.45, 7) is 3.54. The highest BCUT2D eigenvalue weighted by atomic mass is 32.2. The van der Waals surface area contributed by atoms with Crippen LogP contribution >= 0.6 is 0 Å². The molecule has 7 heteroatoms. The second kappa shape index (κ2) is 14.7. The van der Waals surface area contributed by atoms with Gasteiger partial charge in [-0.1, -0.05) is 49.8 Å². The Morgan fingerprint density at radius 3 is 2.34 bits per heavy atom. The fraction of sp³-hybridized carbons (Fsp3) is 0.680. The van der Waals surface area contributed by atoms with Crippen LogP contribution in [0.3, 0.4) is 0 Å². The number of benzene rings is 1. The van der Waals surface area contributed by atoms with Crippen molar-refractivity contribution < 1.29 is 22.6 Å². The summed E-state index contributed by atoms with van der Waals surface area (Å²) in [6, 6.07) is 6.63. The molecule has 0 aliphatic carbocycles. The smallest absolute Gasteiger partial charge is 0.245 e. The normalized spacial score (nSPS) is 16.2. The van der Waals surface area contributed by atoms with E-state index in [2.05, 4.69) is 5.92 Å². The van der Waals surface area contributed by atoms with Crippen LogP contribution in [0.15, 0.2) is 29.2 Å². The van der Waals surface area contributed by atoms with Crippen LogP contribution < -0.4 is 0 Å². The Bertz CT molecular complexity index is 782. The molecule has 1 saturated heterocycles. The molecule has 32 heavy (non-hydrogen) atoms. The topological polar surface area (TPSA) is 65.1 Å². The summed E-state index contributed by atoms with van der Waals surface area (Å²) in [5.41, 5.74) is 1.02. The van der Waals surface area contributed by atoms with E-state index in [0.717, 1.165) is 76.6 Å². The summed E-state index contributed by atoms with van der Waals surface area (Å²) >= 11 is 0. The minimum Gasteiger partial charge on any atom is -0.368 e. The first-order chi connectivity index (χ1) is 15.5. The molecule has 2 rings (SSSR count). The number of nitrogens with zero attached hydrogens (tertiary/aromatic N) is 1. The maximum Gasteiger partial charge on any atom is 0.245 e. The lowest BCUT2D eigenvalue weighted by Gasteiger charge is -2.29. The van der Waals surface area contributed by atoms with Gasteiger partial charge in [-0.15, -0.1) is 12.3 Å². The molecule has 0 N–H and O–H groups in total. The predicted molar refractivity (Wildman–Crippen MR) is 127 cm³/mol. The van der Waals surface area contributed by atoms with Crippen LogP contribution in [0.25, 0.3) is 0 Å². The van der Waals surface area contributed by atoms with E-state index in [0.29, 0.717) is 6.42 Å². The maximum absolute atomic E-state index is 13.2. The number of rotatable bonds is 15. The van der Waals surface area contributed by atoms with Gasteiger partial charge >= 0.3 is 0 Å². The Balaban J connectivity index is 1.79. The van der Waals surface area contributed by atoms with Crippen molar-refractivity contribution in [3.8, 4) is 12.3 Å². The number of methoxy groups -OCH3 is 1. The van der Waals surface area contributed by atoms with Crippen LogP contribution in [0.4, 0.5) is 0 Å². The average Bonchev–Trinajstić information content (AvgIpc) is 2.79. The fourth-order valence-electron chi connectivity index (χ4n) is 3.93. The van der Waals surface area contributed by atoms with Gasteiger partial charge in [0.15, 0.2) is 6.29 Å². The zero-order valence-electron chi connectivity index (χ0n) is 19.6. The summed E-state index contributed by atoms with van der Waals surface area (Å²) in [6.07, 6.45) is 15.2. The van der Waals surface area contributed by atoms with Crippen LogP contribution in [-0.4, -0.2) is 52.1 Å². The second-order valence-corrected chi connectivity index (χ2v) is 10.3. The van der Waals surface area contributed by atoms with Gasteiger partial charge in [0.2, 0.25) is 10.0 Å². The first-order valence-corrected chi connectivity index (χ1v) is 13.2. The Hall–Kier alpha value is -1.43. The van der Waals surface area contributed by atoms with E-state index < -0.39 is 10.0 Å². The second-order valence-electron chi connectivity index (χ2n) is 8.41. The summed E-state index contributed by atoms with van der Waals surface area (Å²) in [5, 5.41) is 0. The van der Waals surface area contributed by atoms with Crippen LogP contribution in [0.2, 0.25) is 0 Å². The first kappa shape index (κ1) is 26.8. The number of hydrogen-bond acceptors (Lipinski definition) is 5. The number of terminal acetylenes is 1. The number of hydrogen-bond donors (Lipinski definition) is 0. The quantitative estimate of drug-likeness (QED) is 0.210. The Kier molecular flexibility index (Phi) is 12.3. The van der Waals surface area contributed by atoms with Crippen molar-refractivity contribution in [1.29, 1.82) is 0 Å².